The molecule has 2 aromatic rings. The topological polar surface area (TPSA) is 75.7 Å². The van der Waals surface area contributed by atoms with Crippen LogP contribution in [0.4, 0.5) is 17.6 Å². The Labute approximate surface area is 184 Å². The highest BCUT2D eigenvalue weighted by molar-refractivity contribution is 7.87. The standard InChI is InChI=1S/C18H14Cl2F4N2O4S/c19-14-8-12(17(27)25-31(28,29)26-4-1-5-26)16(21)6-10(14)9-30-11-2-3-13(15(20)7-11)18(22,23)24/h2-3,6-8H,1,4-5,9H2,(H,25,27). The van der Waals surface area contributed by atoms with Gasteiger partial charge in [0.25, 0.3) is 5.91 Å². The van der Waals surface area contributed by atoms with Gasteiger partial charge in [0.15, 0.2) is 0 Å². The second-order valence-electron chi connectivity index (χ2n) is 6.54. The zero-order valence-electron chi connectivity index (χ0n) is 15.5. The van der Waals surface area contributed by atoms with Gasteiger partial charge in [-0.25, -0.2) is 9.11 Å². The molecule has 0 saturated carbocycles. The lowest BCUT2D eigenvalue weighted by atomic mass is 10.1. The molecular formula is C18H14Cl2F4N2O4S. The summed E-state index contributed by atoms with van der Waals surface area (Å²) < 4.78 is 84.7. The van der Waals surface area contributed by atoms with Crippen LogP contribution in [-0.2, 0) is 23.0 Å². The molecule has 0 unspecified atom stereocenters. The second kappa shape index (κ2) is 8.81. The normalized spacial score (nSPS) is 14.8. The third-order valence-electron chi connectivity index (χ3n) is 4.40. The molecule has 1 aliphatic heterocycles. The van der Waals surface area contributed by atoms with Gasteiger partial charge in [-0.15, -0.1) is 0 Å². The number of benzene rings is 2. The van der Waals surface area contributed by atoms with Crippen molar-refractivity contribution in [2.75, 3.05) is 13.1 Å². The van der Waals surface area contributed by atoms with Gasteiger partial charge in [-0.3, -0.25) is 4.79 Å². The van der Waals surface area contributed by atoms with Crippen molar-refractivity contribution in [3.05, 3.63) is 62.9 Å². The maximum atomic E-state index is 14.4. The van der Waals surface area contributed by atoms with Crippen molar-refractivity contribution in [3.63, 3.8) is 0 Å². The summed E-state index contributed by atoms with van der Waals surface area (Å²) in [4.78, 5) is 12.2. The van der Waals surface area contributed by atoms with Crippen molar-refractivity contribution in [2.24, 2.45) is 0 Å². The first-order chi connectivity index (χ1) is 14.4. The van der Waals surface area contributed by atoms with E-state index in [0.717, 1.165) is 34.6 Å². The Morgan fingerprint density at radius 2 is 1.81 bits per heavy atom. The molecule has 0 aliphatic carbocycles. The summed E-state index contributed by atoms with van der Waals surface area (Å²) in [6.07, 6.45) is -3.96. The molecule has 1 saturated heterocycles. The number of nitrogens with zero attached hydrogens (tertiary/aromatic N) is 1. The largest absolute Gasteiger partial charge is 0.489 e. The molecule has 1 aliphatic rings. The fourth-order valence-electron chi connectivity index (χ4n) is 2.61. The zero-order valence-corrected chi connectivity index (χ0v) is 17.8. The molecule has 1 fully saturated rings. The van der Waals surface area contributed by atoms with Crippen LogP contribution in [-0.4, -0.2) is 31.7 Å². The van der Waals surface area contributed by atoms with E-state index in [2.05, 4.69) is 0 Å². The van der Waals surface area contributed by atoms with E-state index in [4.69, 9.17) is 27.9 Å². The summed E-state index contributed by atoms with van der Waals surface area (Å²) in [6.45, 7) is 0.178. The number of hydrogen-bond donors (Lipinski definition) is 1. The number of carbonyl (C=O) groups is 1. The quantitative estimate of drug-likeness (QED) is 0.596. The van der Waals surface area contributed by atoms with Crippen LogP contribution in [0.15, 0.2) is 30.3 Å². The highest BCUT2D eigenvalue weighted by atomic mass is 35.5. The fourth-order valence-corrected chi connectivity index (χ4v) is 4.32. The molecule has 0 atom stereocenters. The summed E-state index contributed by atoms with van der Waals surface area (Å²) in [6, 6.07) is 4.56. The third kappa shape index (κ3) is 5.40. The number of nitrogens with one attached hydrogen (secondary N) is 1. The lowest BCUT2D eigenvalue weighted by Gasteiger charge is -2.29. The van der Waals surface area contributed by atoms with E-state index in [1.54, 1.807) is 4.72 Å². The Hall–Kier alpha value is -2.08. The molecule has 6 nitrogen and oxygen atoms in total. The van der Waals surface area contributed by atoms with Crippen molar-refractivity contribution >= 4 is 39.3 Å². The van der Waals surface area contributed by atoms with Crippen LogP contribution in [0, 0.1) is 5.82 Å². The summed E-state index contributed by atoms with van der Waals surface area (Å²) in [5.74, 6) is -2.25. The van der Waals surface area contributed by atoms with E-state index in [-0.39, 0.29) is 36.0 Å². The van der Waals surface area contributed by atoms with Gasteiger partial charge in [0.05, 0.1) is 16.1 Å². The summed E-state index contributed by atoms with van der Waals surface area (Å²) in [5.41, 5.74) is -1.54. The third-order valence-corrected chi connectivity index (χ3v) is 6.55. The maximum Gasteiger partial charge on any atom is 0.417 e. The van der Waals surface area contributed by atoms with Crippen LogP contribution in [0.3, 0.4) is 0 Å². The first-order valence-electron chi connectivity index (χ1n) is 8.68. The molecule has 1 N–H and O–H groups in total. The predicted octanol–water partition coefficient (Wildman–Crippen LogP) is 4.41. The Morgan fingerprint density at radius 1 is 1.13 bits per heavy atom. The molecule has 0 aromatic heterocycles. The van der Waals surface area contributed by atoms with Gasteiger partial charge >= 0.3 is 16.4 Å². The first-order valence-corrected chi connectivity index (χ1v) is 10.9. The second-order valence-corrected chi connectivity index (χ2v) is 9.03. The number of alkyl halides is 3. The highest BCUT2D eigenvalue weighted by Gasteiger charge is 2.33. The van der Waals surface area contributed by atoms with Gasteiger partial charge in [0.2, 0.25) is 0 Å². The lowest BCUT2D eigenvalue weighted by molar-refractivity contribution is -0.137. The highest BCUT2D eigenvalue weighted by Crippen LogP contribution is 2.36. The summed E-state index contributed by atoms with van der Waals surface area (Å²) >= 11 is 11.7. The van der Waals surface area contributed by atoms with Gasteiger partial charge in [-0.1, -0.05) is 23.2 Å². The molecule has 13 heteroatoms. The van der Waals surface area contributed by atoms with Crippen molar-refractivity contribution in [2.45, 2.75) is 19.2 Å². The first kappa shape index (κ1) is 23.6. The molecule has 0 bridgehead atoms. The molecule has 0 radical (unpaired) electrons. The maximum absolute atomic E-state index is 14.4. The molecule has 168 valence electrons. The SMILES string of the molecule is O=C(NS(=O)(=O)N1CCC1)c1cc(Cl)c(COc2ccc(C(F)(F)F)c(Cl)c2)cc1F. The van der Waals surface area contributed by atoms with Crippen LogP contribution in [0.2, 0.25) is 10.0 Å². The number of ether oxygens (including phenoxy) is 1. The Bertz CT molecular complexity index is 1120. The van der Waals surface area contributed by atoms with Crippen molar-refractivity contribution in [3.8, 4) is 5.75 Å². The van der Waals surface area contributed by atoms with Gasteiger partial charge in [-0.05, 0) is 36.8 Å². The number of hydrogen-bond acceptors (Lipinski definition) is 4. The Balaban J connectivity index is 1.72. The van der Waals surface area contributed by atoms with Crippen LogP contribution >= 0.6 is 23.2 Å². The molecule has 3 rings (SSSR count). The molecule has 1 heterocycles. The average Bonchev–Trinajstić information content (AvgIpc) is 2.58. The number of halogens is 6. The van der Waals surface area contributed by atoms with Gasteiger partial charge in [0.1, 0.15) is 18.2 Å². The minimum atomic E-state index is -4.62. The van der Waals surface area contributed by atoms with E-state index in [0.29, 0.717) is 6.42 Å². The zero-order chi connectivity index (χ0) is 23.0. The smallest absolute Gasteiger partial charge is 0.417 e. The molecule has 1 amide bonds. The van der Waals surface area contributed by atoms with Crippen LogP contribution in [0.25, 0.3) is 0 Å². The van der Waals surface area contributed by atoms with Crippen LogP contribution in [0.5, 0.6) is 5.75 Å². The number of rotatable bonds is 6. The van der Waals surface area contributed by atoms with Gasteiger partial charge < -0.3 is 4.74 Å². The van der Waals surface area contributed by atoms with Crippen LogP contribution in [0.1, 0.15) is 27.9 Å². The van der Waals surface area contributed by atoms with E-state index in [1.165, 1.54) is 0 Å². The molecular weight excluding hydrogens is 487 g/mol. The van der Waals surface area contributed by atoms with Crippen LogP contribution < -0.4 is 9.46 Å². The average molecular weight is 501 g/mol. The molecule has 0 spiro atoms. The van der Waals surface area contributed by atoms with Crippen molar-refractivity contribution < 1.29 is 35.5 Å². The van der Waals surface area contributed by atoms with Crippen molar-refractivity contribution in [1.29, 1.82) is 0 Å². The Morgan fingerprint density at radius 3 is 2.35 bits per heavy atom. The molecule has 31 heavy (non-hydrogen) atoms. The summed E-state index contributed by atoms with van der Waals surface area (Å²) in [7, 11) is -4.07. The van der Waals surface area contributed by atoms with Gasteiger partial charge in [-0.2, -0.15) is 25.9 Å². The number of amides is 1. The monoisotopic (exact) mass is 500 g/mol. The van der Waals surface area contributed by atoms with Crippen molar-refractivity contribution in [1.82, 2.24) is 9.03 Å². The minimum Gasteiger partial charge on any atom is -0.489 e. The minimum absolute atomic E-state index is 0.0167. The predicted molar refractivity (Wildman–Crippen MR) is 105 cm³/mol. The number of carbonyl (C=O) groups excluding carboxylic acids is 1. The summed E-state index contributed by atoms with van der Waals surface area (Å²) in [5, 5.41) is -0.677. The molecule has 2 aromatic carbocycles. The fraction of sp³-hybridized carbons (Fsp3) is 0.278. The van der Waals surface area contributed by atoms with E-state index in [1.807, 2.05) is 0 Å². The van der Waals surface area contributed by atoms with E-state index >= 15 is 0 Å². The van der Waals surface area contributed by atoms with E-state index < -0.39 is 44.3 Å². The Kier molecular flexibility index (Phi) is 6.70. The lowest BCUT2D eigenvalue weighted by Crippen LogP contribution is -2.49. The van der Waals surface area contributed by atoms with E-state index in [9.17, 15) is 30.8 Å². The van der Waals surface area contributed by atoms with Gasteiger partial charge in [0, 0.05) is 23.7 Å².